The maximum atomic E-state index is 11.3. The summed E-state index contributed by atoms with van der Waals surface area (Å²) in [5, 5.41) is 19.4. The molecule has 9 nitrogen and oxygen atoms in total. The first-order valence-corrected chi connectivity index (χ1v) is 9.67. The van der Waals surface area contributed by atoms with Gasteiger partial charge in [0.1, 0.15) is 23.0 Å². The number of rotatable bonds is 4. The average molecular weight is 394 g/mol. The van der Waals surface area contributed by atoms with Crippen molar-refractivity contribution < 1.29 is 9.52 Å². The third-order valence-electron chi connectivity index (χ3n) is 5.00. The van der Waals surface area contributed by atoms with Crippen molar-refractivity contribution in [1.29, 1.82) is 0 Å². The van der Waals surface area contributed by atoms with E-state index < -0.39 is 11.9 Å². The first-order chi connectivity index (χ1) is 13.7. The highest BCUT2D eigenvalue weighted by molar-refractivity contribution is 7.17. The molecule has 2 N–H and O–H groups in total. The molecule has 140 valence electrons. The molecule has 10 heteroatoms. The molecular formula is C18H14N6O3S. The summed E-state index contributed by atoms with van der Waals surface area (Å²) in [4.78, 5) is 20.3. The monoisotopic (exact) mass is 394 g/mol. The van der Waals surface area contributed by atoms with Gasteiger partial charge in [0.15, 0.2) is 5.58 Å². The molecule has 1 aliphatic rings. The SMILES string of the molecule is O=c1[nH]c2ccc(-n3cc(C(O)c4c(C5CC5)sc5cncn45)nn3)cc2o1. The van der Waals surface area contributed by atoms with Gasteiger partial charge < -0.3 is 9.52 Å². The number of benzene rings is 1. The molecule has 1 saturated carbocycles. The Morgan fingerprint density at radius 1 is 1.36 bits per heavy atom. The van der Waals surface area contributed by atoms with Crippen LogP contribution in [0.4, 0.5) is 0 Å². The number of H-pyrrole nitrogens is 1. The molecule has 5 aromatic rings. The summed E-state index contributed by atoms with van der Waals surface area (Å²) in [6.07, 6.45) is 6.61. The predicted molar refractivity (Wildman–Crippen MR) is 101 cm³/mol. The lowest BCUT2D eigenvalue weighted by molar-refractivity contribution is 0.208. The Morgan fingerprint density at radius 2 is 2.25 bits per heavy atom. The summed E-state index contributed by atoms with van der Waals surface area (Å²) >= 11 is 1.67. The van der Waals surface area contributed by atoms with E-state index in [1.54, 1.807) is 46.7 Å². The van der Waals surface area contributed by atoms with Gasteiger partial charge in [0.2, 0.25) is 0 Å². The van der Waals surface area contributed by atoms with Crippen LogP contribution in [0.3, 0.4) is 0 Å². The highest BCUT2D eigenvalue weighted by Crippen LogP contribution is 2.47. The third kappa shape index (κ3) is 2.35. The summed E-state index contributed by atoms with van der Waals surface area (Å²) in [6.45, 7) is 0. The molecule has 1 unspecified atom stereocenters. The Kier molecular flexibility index (Phi) is 3.17. The van der Waals surface area contributed by atoms with E-state index in [-0.39, 0.29) is 0 Å². The Hall–Kier alpha value is -3.24. The fourth-order valence-corrected chi connectivity index (χ4v) is 4.77. The molecule has 4 heterocycles. The standard InChI is InChI=1S/C18H14N6O3S/c25-16(15-17(9-1-2-9)28-14-6-19-8-23(14)15)12-7-24(22-21-12)10-3-4-11-13(5-10)27-18(26)20-11/h3-9,16,25H,1-2H2,(H,20,26). The van der Waals surface area contributed by atoms with E-state index in [9.17, 15) is 9.90 Å². The van der Waals surface area contributed by atoms with Gasteiger partial charge in [0.05, 0.1) is 29.3 Å². The lowest BCUT2D eigenvalue weighted by Gasteiger charge is -2.09. The number of nitrogens with zero attached hydrogens (tertiary/aromatic N) is 5. The van der Waals surface area contributed by atoms with Crippen LogP contribution in [-0.4, -0.2) is 34.5 Å². The number of oxazole rings is 1. The van der Waals surface area contributed by atoms with Gasteiger partial charge in [-0.1, -0.05) is 5.21 Å². The number of thiazole rings is 1. The summed E-state index contributed by atoms with van der Waals surface area (Å²) < 4.78 is 8.59. The van der Waals surface area contributed by atoms with Crippen molar-refractivity contribution in [2.45, 2.75) is 24.9 Å². The van der Waals surface area contributed by atoms with Gasteiger partial charge in [-0.2, -0.15) is 0 Å². The molecule has 1 aliphatic carbocycles. The van der Waals surface area contributed by atoms with Crippen LogP contribution in [0, 0.1) is 0 Å². The zero-order valence-electron chi connectivity index (χ0n) is 14.4. The van der Waals surface area contributed by atoms with Crippen LogP contribution < -0.4 is 5.76 Å². The van der Waals surface area contributed by atoms with Crippen LogP contribution in [0.25, 0.3) is 21.6 Å². The molecule has 0 aliphatic heterocycles. The van der Waals surface area contributed by atoms with Crippen molar-refractivity contribution in [3.63, 3.8) is 0 Å². The van der Waals surface area contributed by atoms with Gasteiger partial charge in [-0.15, -0.1) is 16.4 Å². The smallest absolute Gasteiger partial charge is 0.408 e. The molecule has 0 amide bonds. The van der Waals surface area contributed by atoms with E-state index >= 15 is 0 Å². The first kappa shape index (κ1) is 15.8. The fraction of sp³-hybridized carbons (Fsp3) is 0.222. The molecule has 6 rings (SSSR count). The molecule has 0 radical (unpaired) electrons. The molecule has 0 spiro atoms. The van der Waals surface area contributed by atoms with Crippen LogP contribution in [0.2, 0.25) is 0 Å². The largest absolute Gasteiger partial charge is 0.417 e. The van der Waals surface area contributed by atoms with Crippen LogP contribution in [0.5, 0.6) is 0 Å². The van der Waals surface area contributed by atoms with Crippen molar-refractivity contribution in [3.05, 3.63) is 63.7 Å². The Balaban J connectivity index is 1.41. The molecule has 28 heavy (non-hydrogen) atoms. The lowest BCUT2D eigenvalue weighted by atomic mass is 10.1. The Morgan fingerprint density at radius 3 is 3.11 bits per heavy atom. The van der Waals surface area contributed by atoms with E-state index in [1.165, 1.54) is 4.88 Å². The summed E-state index contributed by atoms with van der Waals surface area (Å²) in [5.74, 6) is -0.000226. The van der Waals surface area contributed by atoms with E-state index in [1.807, 2.05) is 10.6 Å². The fourth-order valence-electron chi connectivity index (χ4n) is 3.47. The van der Waals surface area contributed by atoms with Crippen LogP contribution >= 0.6 is 11.3 Å². The average Bonchev–Trinajstić information content (AvgIpc) is 3.06. The number of hydrogen-bond donors (Lipinski definition) is 2. The molecule has 1 fully saturated rings. The third-order valence-corrected chi connectivity index (χ3v) is 6.27. The van der Waals surface area contributed by atoms with Crippen LogP contribution in [0.1, 0.15) is 41.1 Å². The van der Waals surface area contributed by atoms with Crippen molar-refractivity contribution in [1.82, 2.24) is 29.4 Å². The Bertz CT molecular complexity index is 1390. The zero-order chi connectivity index (χ0) is 18.8. The topological polar surface area (TPSA) is 114 Å². The van der Waals surface area contributed by atoms with E-state index in [0.29, 0.717) is 28.4 Å². The molecular weight excluding hydrogens is 380 g/mol. The number of aliphatic hydroxyl groups is 1. The number of imidazole rings is 1. The van der Waals surface area contributed by atoms with Crippen molar-refractivity contribution in [3.8, 4) is 5.69 Å². The van der Waals surface area contributed by atoms with E-state index in [4.69, 9.17) is 4.42 Å². The van der Waals surface area contributed by atoms with E-state index in [0.717, 1.165) is 23.4 Å². The minimum atomic E-state index is -0.902. The quantitative estimate of drug-likeness (QED) is 0.484. The predicted octanol–water partition coefficient (Wildman–Crippen LogP) is 2.37. The summed E-state index contributed by atoms with van der Waals surface area (Å²) in [6, 6.07) is 5.24. The van der Waals surface area contributed by atoms with Crippen molar-refractivity contribution in [2.24, 2.45) is 0 Å². The van der Waals surface area contributed by atoms with Crippen molar-refractivity contribution >= 4 is 27.3 Å². The Labute approximate surface area is 160 Å². The number of aromatic amines is 1. The highest BCUT2D eigenvalue weighted by atomic mass is 32.1. The maximum absolute atomic E-state index is 11.3. The van der Waals surface area contributed by atoms with Crippen LogP contribution in [0.15, 0.2) is 46.1 Å². The second-order valence-electron chi connectivity index (χ2n) is 6.91. The summed E-state index contributed by atoms with van der Waals surface area (Å²) in [7, 11) is 0. The van der Waals surface area contributed by atoms with Gasteiger partial charge in [0, 0.05) is 10.9 Å². The second kappa shape index (κ2) is 5.63. The van der Waals surface area contributed by atoms with Gasteiger partial charge in [0.25, 0.3) is 0 Å². The van der Waals surface area contributed by atoms with Crippen molar-refractivity contribution in [2.75, 3.05) is 0 Å². The number of nitrogens with one attached hydrogen (secondary N) is 1. The molecule has 0 bridgehead atoms. The lowest BCUT2D eigenvalue weighted by Crippen LogP contribution is -2.06. The van der Waals surface area contributed by atoms with Crippen LogP contribution in [-0.2, 0) is 0 Å². The number of hydrogen-bond acceptors (Lipinski definition) is 7. The molecule has 1 atom stereocenters. The molecule has 4 aromatic heterocycles. The van der Waals surface area contributed by atoms with Gasteiger partial charge in [-0.05, 0) is 30.9 Å². The van der Waals surface area contributed by atoms with Gasteiger partial charge >= 0.3 is 5.76 Å². The summed E-state index contributed by atoms with van der Waals surface area (Å²) in [5.41, 5.74) is 3.00. The number of fused-ring (bicyclic) bond motifs is 2. The van der Waals surface area contributed by atoms with E-state index in [2.05, 4.69) is 20.3 Å². The number of aromatic nitrogens is 6. The zero-order valence-corrected chi connectivity index (χ0v) is 15.3. The van der Waals surface area contributed by atoms with Gasteiger partial charge in [-0.3, -0.25) is 9.38 Å². The highest BCUT2D eigenvalue weighted by Gasteiger charge is 2.33. The molecule has 1 aromatic carbocycles. The minimum absolute atomic E-state index is 0.439. The minimum Gasteiger partial charge on any atom is -0.408 e. The first-order valence-electron chi connectivity index (χ1n) is 8.85. The van der Waals surface area contributed by atoms with Gasteiger partial charge in [-0.25, -0.2) is 14.5 Å². The molecule has 0 saturated heterocycles. The normalized spacial score (nSPS) is 15.6. The number of aliphatic hydroxyl groups excluding tert-OH is 1. The second-order valence-corrected chi connectivity index (χ2v) is 7.98. The maximum Gasteiger partial charge on any atom is 0.417 e.